The topological polar surface area (TPSA) is 107 Å². The highest BCUT2D eigenvalue weighted by Crippen LogP contribution is 2.40. The van der Waals surface area contributed by atoms with Crippen LogP contribution in [0.15, 0.2) is 18.2 Å². The molecule has 0 saturated carbocycles. The standard InChI is InChI=1S/C18H17ClN6/c1-25-14-4-2-3-12(19)16(14)17(24-25)15-10-7-9(21)5-6-13(10)23-18(22)11(15)8-20/h2-4,9H,5-7,21H2,1H3,(H2,22,23). The zero-order chi connectivity index (χ0) is 17.7. The Morgan fingerprint density at radius 1 is 1.40 bits per heavy atom. The molecule has 0 radical (unpaired) electrons. The number of fused-ring (bicyclic) bond motifs is 2. The van der Waals surface area contributed by atoms with Crippen LogP contribution >= 0.6 is 11.6 Å². The second kappa shape index (κ2) is 5.73. The van der Waals surface area contributed by atoms with E-state index >= 15 is 0 Å². The molecule has 0 saturated heterocycles. The number of nitrogens with zero attached hydrogens (tertiary/aromatic N) is 4. The van der Waals surface area contributed by atoms with E-state index in [4.69, 9.17) is 23.1 Å². The molecule has 0 bridgehead atoms. The molecule has 7 heteroatoms. The summed E-state index contributed by atoms with van der Waals surface area (Å²) in [5, 5.41) is 15.8. The molecule has 126 valence electrons. The summed E-state index contributed by atoms with van der Waals surface area (Å²) in [5.74, 6) is 0.234. The van der Waals surface area contributed by atoms with E-state index in [9.17, 15) is 5.26 Å². The highest BCUT2D eigenvalue weighted by atomic mass is 35.5. The zero-order valence-electron chi connectivity index (χ0n) is 13.8. The molecule has 4 rings (SSSR count). The van der Waals surface area contributed by atoms with Crippen LogP contribution < -0.4 is 11.5 Å². The van der Waals surface area contributed by atoms with Gasteiger partial charge in [-0.1, -0.05) is 17.7 Å². The van der Waals surface area contributed by atoms with Crippen molar-refractivity contribution in [1.29, 1.82) is 5.26 Å². The first-order valence-electron chi connectivity index (χ1n) is 8.09. The number of pyridine rings is 1. The predicted molar refractivity (Wildman–Crippen MR) is 98.1 cm³/mol. The second-order valence-corrected chi connectivity index (χ2v) is 6.80. The van der Waals surface area contributed by atoms with E-state index in [-0.39, 0.29) is 11.9 Å². The lowest BCUT2D eigenvalue weighted by molar-refractivity contribution is 0.568. The van der Waals surface area contributed by atoms with Gasteiger partial charge in [0.1, 0.15) is 23.1 Å². The number of rotatable bonds is 1. The Labute approximate surface area is 150 Å². The number of nitrogen functional groups attached to an aromatic ring is 1. The van der Waals surface area contributed by atoms with Gasteiger partial charge in [0.15, 0.2) is 0 Å². The van der Waals surface area contributed by atoms with Crippen molar-refractivity contribution in [2.45, 2.75) is 25.3 Å². The van der Waals surface area contributed by atoms with E-state index in [1.807, 2.05) is 25.2 Å². The first-order valence-corrected chi connectivity index (χ1v) is 8.47. The maximum atomic E-state index is 9.71. The molecule has 1 aliphatic carbocycles. The Hall–Kier alpha value is -2.62. The molecule has 1 atom stereocenters. The van der Waals surface area contributed by atoms with Crippen LogP contribution in [0.2, 0.25) is 5.02 Å². The van der Waals surface area contributed by atoms with Crippen LogP contribution in [0, 0.1) is 11.3 Å². The minimum absolute atomic E-state index is 0.0358. The number of nitriles is 1. The molecule has 3 aromatic rings. The Kier molecular flexibility index (Phi) is 3.64. The van der Waals surface area contributed by atoms with Crippen molar-refractivity contribution in [3.05, 3.63) is 40.0 Å². The largest absolute Gasteiger partial charge is 0.383 e. The summed E-state index contributed by atoms with van der Waals surface area (Å²) in [6.07, 6.45) is 2.25. The smallest absolute Gasteiger partial charge is 0.142 e. The van der Waals surface area contributed by atoms with Gasteiger partial charge in [-0.15, -0.1) is 0 Å². The van der Waals surface area contributed by atoms with Crippen LogP contribution in [0.5, 0.6) is 0 Å². The van der Waals surface area contributed by atoms with Crippen molar-refractivity contribution in [1.82, 2.24) is 14.8 Å². The van der Waals surface area contributed by atoms with Crippen molar-refractivity contribution < 1.29 is 0 Å². The van der Waals surface area contributed by atoms with Crippen LogP contribution in [-0.4, -0.2) is 20.8 Å². The number of aromatic nitrogens is 3. The molecule has 0 spiro atoms. The van der Waals surface area contributed by atoms with E-state index in [1.54, 1.807) is 4.68 Å². The summed E-state index contributed by atoms with van der Waals surface area (Å²) in [7, 11) is 1.86. The van der Waals surface area contributed by atoms with E-state index in [0.717, 1.165) is 40.6 Å². The van der Waals surface area contributed by atoms with E-state index in [0.29, 0.717) is 22.7 Å². The van der Waals surface area contributed by atoms with Crippen molar-refractivity contribution in [2.75, 3.05) is 5.73 Å². The lowest BCUT2D eigenvalue weighted by atomic mass is 9.85. The summed E-state index contributed by atoms with van der Waals surface area (Å²) < 4.78 is 1.77. The van der Waals surface area contributed by atoms with E-state index in [2.05, 4.69) is 16.2 Å². The molecule has 4 N–H and O–H groups in total. The maximum absolute atomic E-state index is 9.71. The fraction of sp³-hybridized carbons (Fsp3) is 0.278. The summed E-state index contributed by atoms with van der Waals surface area (Å²) >= 11 is 6.46. The molecular weight excluding hydrogens is 336 g/mol. The molecule has 25 heavy (non-hydrogen) atoms. The minimum Gasteiger partial charge on any atom is -0.383 e. The monoisotopic (exact) mass is 352 g/mol. The summed E-state index contributed by atoms with van der Waals surface area (Å²) in [4.78, 5) is 4.45. The average Bonchev–Trinajstić information content (AvgIpc) is 2.92. The van der Waals surface area contributed by atoms with Crippen LogP contribution in [-0.2, 0) is 19.9 Å². The maximum Gasteiger partial charge on any atom is 0.142 e. The van der Waals surface area contributed by atoms with Gasteiger partial charge in [0.05, 0.1) is 10.5 Å². The normalized spacial score (nSPS) is 16.6. The van der Waals surface area contributed by atoms with E-state index < -0.39 is 0 Å². The lowest BCUT2D eigenvalue weighted by Crippen LogP contribution is -2.29. The van der Waals surface area contributed by atoms with Crippen molar-refractivity contribution in [2.24, 2.45) is 12.8 Å². The van der Waals surface area contributed by atoms with Gasteiger partial charge in [0.2, 0.25) is 0 Å². The number of anilines is 1. The number of hydrogen-bond acceptors (Lipinski definition) is 5. The Morgan fingerprint density at radius 2 is 2.20 bits per heavy atom. The molecule has 1 aromatic carbocycles. The fourth-order valence-corrected chi connectivity index (χ4v) is 3.88. The van der Waals surface area contributed by atoms with Gasteiger partial charge >= 0.3 is 0 Å². The predicted octanol–water partition coefficient (Wildman–Crippen LogP) is 2.56. The fourth-order valence-electron chi connectivity index (χ4n) is 3.63. The molecule has 1 aliphatic rings. The molecule has 1 unspecified atom stereocenters. The zero-order valence-corrected chi connectivity index (χ0v) is 14.5. The van der Waals surface area contributed by atoms with Crippen LogP contribution in [0.25, 0.3) is 22.2 Å². The third-order valence-electron chi connectivity index (χ3n) is 4.81. The highest BCUT2D eigenvalue weighted by molar-refractivity contribution is 6.36. The Bertz CT molecular complexity index is 1050. The third kappa shape index (κ3) is 2.36. The summed E-state index contributed by atoms with van der Waals surface area (Å²) in [6, 6.07) is 7.89. The highest BCUT2D eigenvalue weighted by Gasteiger charge is 2.28. The van der Waals surface area contributed by atoms with Crippen LogP contribution in [0.4, 0.5) is 5.82 Å². The number of aryl methyl sites for hydroxylation is 2. The first-order chi connectivity index (χ1) is 12.0. The Morgan fingerprint density at radius 3 is 2.96 bits per heavy atom. The molecule has 2 heterocycles. The number of nitrogens with two attached hydrogens (primary N) is 2. The van der Waals surface area contributed by atoms with Gasteiger partial charge in [-0.2, -0.15) is 10.4 Å². The van der Waals surface area contributed by atoms with Crippen LogP contribution in [0.3, 0.4) is 0 Å². The van der Waals surface area contributed by atoms with Gasteiger partial charge in [-0.05, 0) is 37.0 Å². The molecular formula is C18H17ClN6. The number of hydrogen-bond donors (Lipinski definition) is 2. The third-order valence-corrected chi connectivity index (χ3v) is 5.12. The average molecular weight is 353 g/mol. The van der Waals surface area contributed by atoms with Crippen molar-refractivity contribution in [3.63, 3.8) is 0 Å². The lowest BCUT2D eigenvalue weighted by Gasteiger charge is -2.24. The van der Waals surface area contributed by atoms with Gasteiger partial charge < -0.3 is 11.5 Å². The molecule has 2 aromatic heterocycles. The Balaban J connectivity index is 2.14. The summed E-state index contributed by atoms with van der Waals surface area (Å²) in [6.45, 7) is 0. The van der Waals surface area contributed by atoms with E-state index in [1.165, 1.54) is 0 Å². The van der Waals surface area contributed by atoms with Crippen molar-refractivity contribution in [3.8, 4) is 17.3 Å². The second-order valence-electron chi connectivity index (χ2n) is 6.39. The summed E-state index contributed by atoms with van der Waals surface area (Å²) in [5.41, 5.74) is 16.8. The van der Waals surface area contributed by atoms with Crippen LogP contribution in [0.1, 0.15) is 23.2 Å². The number of benzene rings is 1. The molecule has 0 fully saturated rings. The minimum atomic E-state index is 0.0358. The molecule has 0 amide bonds. The molecule has 0 aliphatic heterocycles. The van der Waals surface area contributed by atoms with Gasteiger partial charge in [0, 0.05) is 29.7 Å². The van der Waals surface area contributed by atoms with Gasteiger partial charge in [0.25, 0.3) is 0 Å². The SMILES string of the molecule is Cn1nc(-c2c(C#N)c(N)nc3c2CC(N)CC3)c2c(Cl)cccc21. The van der Waals surface area contributed by atoms with Gasteiger partial charge in [-0.25, -0.2) is 4.98 Å². The first kappa shape index (κ1) is 15.9. The molecule has 6 nitrogen and oxygen atoms in total. The number of halogens is 1. The van der Waals surface area contributed by atoms with Gasteiger partial charge in [-0.3, -0.25) is 4.68 Å². The quantitative estimate of drug-likeness (QED) is 0.700. The van der Waals surface area contributed by atoms with Crippen molar-refractivity contribution >= 4 is 28.3 Å².